The van der Waals surface area contributed by atoms with Crippen LogP contribution < -0.4 is 10.5 Å². The SMILES string of the molecule is COc1ccc(F)c(F)c1C1(N)CCC1. The Labute approximate surface area is 87.0 Å². The number of ether oxygens (including phenoxy) is 1. The van der Waals surface area contributed by atoms with E-state index in [2.05, 4.69) is 0 Å². The minimum atomic E-state index is -0.878. The third-order valence-electron chi connectivity index (χ3n) is 3.02. The fourth-order valence-electron chi connectivity index (χ4n) is 1.97. The highest BCUT2D eigenvalue weighted by Gasteiger charge is 2.40. The van der Waals surface area contributed by atoms with E-state index in [1.807, 2.05) is 0 Å². The second-order valence-electron chi connectivity index (χ2n) is 3.95. The van der Waals surface area contributed by atoms with Gasteiger partial charge in [-0.3, -0.25) is 0 Å². The highest BCUT2D eigenvalue weighted by Crippen LogP contribution is 2.44. The van der Waals surface area contributed by atoms with Gasteiger partial charge in [0.2, 0.25) is 0 Å². The molecule has 0 atom stereocenters. The van der Waals surface area contributed by atoms with Crippen molar-refractivity contribution in [3.05, 3.63) is 29.3 Å². The van der Waals surface area contributed by atoms with Crippen molar-refractivity contribution in [1.82, 2.24) is 0 Å². The lowest BCUT2D eigenvalue weighted by Crippen LogP contribution is -2.44. The monoisotopic (exact) mass is 213 g/mol. The molecule has 1 aliphatic carbocycles. The van der Waals surface area contributed by atoms with Crippen molar-refractivity contribution in [3.8, 4) is 5.75 Å². The zero-order valence-corrected chi connectivity index (χ0v) is 8.52. The zero-order chi connectivity index (χ0) is 11.1. The molecule has 1 aliphatic rings. The van der Waals surface area contributed by atoms with Crippen molar-refractivity contribution < 1.29 is 13.5 Å². The van der Waals surface area contributed by atoms with Crippen LogP contribution in [0.1, 0.15) is 24.8 Å². The standard InChI is InChI=1S/C11H13F2NO/c1-15-8-4-3-7(12)10(13)9(8)11(14)5-2-6-11/h3-4H,2,5-6,14H2,1H3. The van der Waals surface area contributed by atoms with Crippen LogP contribution in [0.25, 0.3) is 0 Å². The maximum atomic E-state index is 13.6. The summed E-state index contributed by atoms with van der Waals surface area (Å²) in [7, 11) is 1.43. The van der Waals surface area contributed by atoms with Crippen molar-refractivity contribution >= 4 is 0 Å². The minimum Gasteiger partial charge on any atom is -0.496 e. The van der Waals surface area contributed by atoms with Crippen LogP contribution in [0.2, 0.25) is 0 Å². The number of methoxy groups -OCH3 is 1. The van der Waals surface area contributed by atoms with Gasteiger partial charge in [-0.15, -0.1) is 0 Å². The van der Waals surface area contributed by atoms with E-state index in [-0.39, 0.29) is 5.56 Å². The smallest absolute Gasteiger partial charge is 0.167 e. The topological polar surface area (TPSA) is 35.2 Å². The lowest BCUT2D eigenvalue weighted by atomic mass is 9.72. The minimum absolute atomic E-state index is 0.177. The molecule has 1 saturated carbocycles. The molecule has 1 aromatic carbocycles. The maximum absolute atomic E-state index is 13.6. The molecule has 0 bridgehead atoms. The zero-order valence-electron chi connectivity index (χ0n) is 8.52. The summed E-state index contributed by atoms with van der Waals surface area (Å²) in [5.41, 5.74) is 5.41. The molecule has 0 heterocycles. The number of rotatable bonds is 2. The van der Waals surface area contributed by atoms with Crippen LogP contribution in [0.4, 0.5) is 8.78 Å². The molecule has 2 rings (SSSR count). The third-order valence-corrected chi connectivity index (χ3v) is 3.02. The number of halogens is 2. The predicted molar refractivity (Wildman–Crippen MR) is 52.6 cm³/mol. The molecule has 15 heavy (non-hydrogen) atoms. The molecule has 0 aliphatic heterocycles. The first kappa shape index (κ1) is 10.4. The molecule has 1 fully saturated rings. The lowest BCUT2D eigenvalue weighted by Gasteiger charge is -2.39. The Morgan fingerprint density at radius 1 is 1.33 bits per heavy atom. The van der Waals surface area contributed by atoms with Gasteiger partial charge in [-0.2, -0.15) is 0 Å². The fraction of sp³-hybridized carbons (Fsp3) is 0.455. The van der Waals surface area contributed by atoms with Gasteiger partial charge in [0, 0.05) is 5.54 Å². The van der Waals surface area contributed by atoms with E-state index in [0.29, 0.717) is 18.6 Å². The molecule has 1 aromatic rings. The van der Waals surface area contributed by atoms with E-state index in [1.165, 1.54) is 13.2 Å². The summed E-state index contributed by atoms with van der Waals surface area (Å²) >= 11 is 0. The van der Waals surface area contributed by atoms with Crippen LogP contribution in [-0.4, -0.2) is 7.11 Å². The van der Waals surface area contributed by atoms with Crippen molar-refractivity contribution in [3.63, 3.8) is 0 Å². The Morgan fingerprint density at radius 2 is 2.00 bits per heavy atom. The predicted octanol–water partition coefficient (Wildman–Crippen LogP) is 2.31. The van der Waals surface area contributed by atoms with Gasteiger partial charge in [0.25, 0.3) is 0 Å². The molecule has 0 radical (unpaired) electrons. The summed E-state index contributed by atoms with van der Waals surface area (Å²) in [4.78, 5) is 0. The number of hydrogen-bond donors (Lipinski definition) is 1. The Hall–Kier alpha value is -1.16. The first-order valence-corrected chi connectivity index (χ1v) is 4.90. The lowest BCUT2D eigenvalue weighted by molar-refractivity contribution is 0.232. The van der Waals surface area contributed by atoms with E-state index >= 15 is 0 Å². The Bertz CT molecular complexity index is 388. The van der Waals surface area contributed by atoms with Crippen molar-refractivity contribution in [1.29, 1.82) is 0 Å². The first-order chi connectivity index (χ1) is 7.08. The van der Waals surface area contributed by atoms with Crippen molar-refractivity contribution in [2.45, 2.75) is 24.8 Å². The molecule has 4 heteroatoms. The molecule has 0 unspecified atom stereocenters. The Morgan fingerprint density at radius 3 is 2.47 bits per heavy atom. The average molecular weight is 213 g/mol. The first-order valence-electron chi connectivity index (χ1n) is 4.90. The average Bonchev–Trinajstić information content (AvgIpc) is 2.18. The maximum Gasteiger partial charge on any atom is 0.167 e. The van der Waals surface area contributed by atoms with Crippen LogP contribution >= 0.6 is 0 Å². The molecule has 0 saturated heterocycles. The molecular weight excluding hydrogens is 200 g/mol. The van der Waals surface area contributed by atoms with Gasteiger partial charge in [-0.25, -0.2) is 8.78 Å². The number of hydrogen-bond acceptors (Lipinski definition) is 2. The summed E-state index contributed by atoms with van der Waals surface area (Å²) in [6, 6.07) is 2.47. The van der Waals surface area contributed by atoms with Crippen molar-refractivity contribution in [2.75, 3.05) is 7.11 Å². The van der Waals surface area contributed by atoms with E-state index in [1.54, 1.807) is 0 Å². The Kier molecular flexibility index (Phi) is 2.38. The van der Waals surface area contributed by atoms with Crippen LogP contribution in [0, 0.1) is 11.6 Å². The van der Waals surface area contributed by atoms with Gasteiger partial charge in [-0.05, 0) is 31.4 Å². The highest BCUT2D eigenvalue weighted by atomic mass is 19.2. The van der Waals surface area contributed by atoms with Gasteiger partial charge in [0.1, 0.15) is 5.75 Å². The highest BCUT2D eigenvalue weighted by molar-refractivity contribution is 5.42. The fourth-order valence-corrected chi connectivity index (χ4v) is 1.97. The quantitative estimate of drug-likeness (QED) is 0.818. The summed E-state index contributed by atoms with van der Waals surface area (Å²) in [5.74, 6) is -1.42. The van der Waals surface area contributed by atoms with E-state index < -0.39 is 17.2 Å². The molecule has 0 spiro atoms. The van der Waals surface area contributed by atoms with E-state index in [4.69, 9.17) is 10.5 Å². The molecule has 82 valence electrons. The van der Waals surface area contributed by atoms with Gasteiger partial charge in [-0.1, -0.05) is 0 Å². The Balaban J connectivity index is 2.56. The molecule has 2 nitrogen and oxygen atoms in total. The van der Waals surface area contributed by atoms with Gasteiger partial charge in [0.15, 0.2) is 11.6 Å². The van der Waals surface area contributed by atoms with Crippen molar-refractivity contribution in [2.24, 2.45) is 5.73 Å². The van der Waals surface area contributed by atoms with Gasteiger partial charge in [0.05, 0.1) is 12.7 Å². The second kappa shape index (κ2) is 3.45. The number of benzene rings is 1. The molecular formula is C11H13F2NO. The molecule has 2 N–H and O–H groups in total. The number of nitrogens with two attached hydrogens (primary N) is 1. The van der Waals surface area contributed by atoms with E-state index in [9.17, 15) is 8.78 Å². The van der Waals surface area contributed by atoms with Gasteiger partial charge < -0.3 is 10.5 Å². The second-order valence-corrected chi connectivity index (χ2v) is 3.95. The summed E-state index contributed by atoms with van der Waals surface area (Å²) in [6.45, 7) is 0. The summed E-state index contributed by atoms with van der Waals surface area (Å²) in [5, 5.41) is 0. The van der Waals surface area contributed by atoms with Crippen LogP contribution in [-0.2, 0) is 5.54 Å². The van der Waals surface area contributed by atoms with E-state index in [0.717, 1.165) is 12.5 Å². The summed E-state index contributed by atoms with van der Waals surface area (Å²) < 4.78 is 31.7. The van der Waals surface area contributed by atoms with Crippen LogP contribution in [0.3, 0.4) is 0 Å². The van der Waals surface area contributed by atoms with Crippen LogP contribution in [0.15, 0.2) is 12.1 Å². The third kappa shape index (κ3) is 1.49. The normalized spacial score (nSPS) is 18.4. The molecule has 0 aromatic heterocycles. The van der Waals surface area contributed by atoms with Crippen LogP contribution in [0.5, 0.6) is 5.75 Å². The largest absolute Gasteiger partial charge is 0.496 e. The summed E-state index contributed by atoms with van der Waals surface area (Å²) in [6.07, 6.45) is 2.28. The molecule has 0 amide bonds. The van der Waals surface area contributed by atoms with Gasteiger partial charge >= 0.3 is 0 Å².